The first-order valence-corrected chi connectivity index (χ1v) is 15.1. The number of carbonyl (C=O) groups is 1. The number of benzene rings is 2. The van der Waals surface area contributed by atoms with Crippen LogP contribution in [0.1, 0.15) is 49.1 Å². The standard InChI is InChI=1S/C30H35FN4O4S/c1-21(2)15-16-34(18-22-9-5-3-6-10-22)24-13-14-26-25(17-24)28(31)29(35-19-27(36)33-40(35,37)38)30(32-26)39-20-23-11-7-4-8-12-23/h3-12,21,24H,13-20H2,1-2H3,(H,33,36). The van der Waals surface area contributed by atoms with E-state index < -0.39 is 28.5 Å². The average molecular weight is 567 g/mol. The largest absolute Gasteiger partial charge is 0.471 e. The van der Waals surface area contributed by atoms with E-state index in [1.54, 1.807) is 0 Å². The molecule has 2 aliphatic rings. The van der Waals surface area contributed by atoms with Crippen LogP contribution in [0, 0.1) is 11.7 Å². The summed E-state index contributed by atoms with van der Waals surface area (Å²) in [7, 11) is -4.27. The summed E-state index contributed by atoms with van der Waals surface area (Å²) in [6, 6.07) is 19.6. The Kier molecular flexibility index (Phi) is 8.37. The van der Waals surface area contributed by atoms with Crippen molar-refractivity contribution in [2.24, 2.45) is 5.92 Å². The van der Waals surface area contributed by atoms with E-state index in [2.05, 4.69) is 35.9 Å². The molecule has 1 N–H and O–H groups in total. The van der Waals surface area contributed by atoms with Gasteiger partial charge < -0.3 is 4.74 Å². The zero-order valence-corrected chi connectivity index (χ0v) is 23.7. The minimum atomic E-state index is -4.27. The molecule has 212 valence electrons. The van der Waals surface area contributed by atoms with Gasteiger partial charge in [-0.2, -0.15) is 8.42 Å². The van der Waals surface area contributed by atoms with Crippen molar-refractivity contribution in [1.82, 2.24) is 14.6 Å². The average Bonchev–Trinajstić information content (AvgIpc) is 3.21. The summed E-state index contributed by atoms with van der Waals surface area (Å²) < 4.78 is 50.6. The maximum absolute atomic E-state index is 16.5. The molecule has 0 saturated carbocycles. The summed E-state index contributed by atoms with van der Waals surface area (Å²) in [5.41, 5.74) is 2.66. The molecule has 2 aromatic carbocycles. The summed E-state index contributed by atoms with van der Waals surface area (Å²) in [6.07, 6.45) is 2.73. The van der Waals surface area contributed by atoms with Crippen molar-refractivity contribution in [3.8, 4) is 5.88 Å². The second-order valence-electron chi connectivity index (χ2n) is 10.9. The van der Waals surface area contributed by atoms with E-state index in [4.69, 9.17) is 4.74 Å². The highest BCUT2D eigenvalue weighted by atomic mass is 32.2. The molecule has 1 aliphatic heterocycles. The van der Waals surface area contributed by atoms with Gasteiger partial charge in [-0.25, -0.2) is 18.4 Å². The third-order valence-electron chi connectivity index (χ3n) is 7.44. The SMILES string of the molecule is CC(C)CCN(Cc1ccccc1)C1CCc2nc(OCc3ccccc3)c(N3CC(=O)NS3(=O)=O)c(F)c2C1. The number of pyridine rings is 1. The number of hydrogen-bond acceptors (Lipinski definition) is 6. The molecule has 0 spiro atoms. The fraction of sp³-hybridized carbons (Fsp3) is 0.400. The Labute approximate surface area is 235 Å². The maximum atomic E-state index is 16.5. The Morgan fingerprint density at radius 1 is 1.10 bits per heavy atom. The maximum Gasteiger partial charge on any atom is 0.326 e. The monoisotopic (exact) mass is 566 g/mol. The highest BCUT2D eigenvalue weighted by molar-refractivity contribution is 7.92. The molecule has 1 unspecified atom stereocenters. The van der Waals surface area contributed by atoms with Crippen LogP contribution >= 0.6 is 0 Å². The van der Waals surface area contributed by atoms with E-state index in [9.17, 15) is 13.2 Å². The second-order valence-corrected chi connectivity index (χ2v) is 12.4. The Hall–Kier alpha value is -3.50. The zero-order valence-electron chi connectivity index (χ0n) is 22.8. The topological polar surface area (TPSA) is 91.8 Å². The van der Waals surface area contributed by atoms with Crippen molar-refractivity contribution in [2.75, 3.05) is 17.4 Å². The Balaban J connectivity index is 1.49. The number of halogens is 1. The second kappa shape index (κ2) is 11.9. The normalized spacial score (nSPS) is 18.2. The molecule has 2 heterocycles. The van der Waals surface area contributed by atoms with Crippen LogP contribution < -0.4 is 13.8 Å². The number of rotatable bonds is 10. The first-order valence-electron chi connectivity index (χ1n) is 13.7. The minimum absolute atomic E-state index is 0.0571. The molecule has 1 atom stereocenters. The minimum Gasteiger partial charge on any atom is -0.471 e. The van der Waals surface area contributed by atoms with Gasteiger partial charge in [0.15, 0.2) is 11.5 Å². The number of ether oxygens (including phenoxy) is 1. The van der Waals surface area contributed by atoms with E-state index in [-0.39, 0.29) is 24.2 Å². The van der Waals surface area contributed by atoms with Gasteiger partial charge in [0, 0.05) is 18.2 Å². The van der Waals surface area contributed by atoms with Crippen molar-refractivity contribution in [3.63, 3.8) is 0 Å². The lowest BCUT2D eigenvalue weighted by Crippen LogP contribution is -2.41. The number of nitrogens with one attached hydrogen (secondary N) is 1. The van der Waals surface area contributed by atoms with E-state index in [1.807, 2.05) is 53.3 Å². The van der Waals surface area contributed by atoms with Crippen molar-refractivity contribution in [3.05, 3.63) is 88.9 Å². The number of hydrogen-bond donors (Lipinski definition) is 1. The van der Waals surface area contributed by atoms with Gasteiger partial charge in [0.2, 0.25) is 5.88 Å². The summed E-state index contributed by atoms with van der Waals surface area (Å²) >= 11 is 0. The molecular weight excluding hydrogens is 531 g/mol. The van der Waals surface area contributed by atoms with Gasteiger partial charge in [-0.3, -0.25) is 9.69 Å². The number of fused-ring (bicyclic) bond motifs is 1. The van der Waals surface area contributed by atoms with Crippen molar-refractivity contribution < 1.29 is 22.3 Å². The number of carbonyl (C=O) groups excluding carboxylic acids is 1. The van der Waals surface area contributed by atoms with E-state index >= 15 is 4.39 Å². The van der Waals surface area contributed by atoms with Crippen LogP contribution in [-0.2, 0) is 41.0 Å². The summed E-state index contributed by atoms with van der Waals surface area (Å²) in [5.74, 6) is -1.03. The Morgan fingerprint density at radius 3 is 2.40 bits per heavy atom. The van der Waals surface area contributed by atoms with Crippen LogP contribution in [0.15, 0.2) is 60.7 Å². The van der Waals surface area contributed by atoms with Gasteiger partial charge in [-0.1, -0.05) is 74.5 Å². The fourth-order valence-electron chi connectivity index (χ4n) is 5.29. The number of nitrogens with zero attached hydrogens (tertiary/aromatic N) is 3. The molecule has 5 rings (SSSR count). The molecule has 1 aliphatic carbocycles. The Morgan fingerprint density at radius 2 is 1.77 bits per heavy atom. The van der Waals surface area contributed by atoms with Crippen molar-refractivity contribution in [1.29, 1.82) is 0 Å². The predicted molar refractivity (Wildman–Crippen MR) is 151 cm³/mol. The predicted octanol–water partition coefficient (Wildman–Crippen LogP) is 4.39. The molecule has 1 saturated heterocycles. The quantitative estimate of drug-likeness (QED) is 0.392. The Bertz CT molecular complexity index is 1450. The van der Waals surface area contributed by atoms with Crippen LogP contribution in [0.2, 0.25) is 0 Å². The molecule has 1 aromatic heterocycles. The lowest BCUT2D eigenvalue weighted by atomic mass is 9.89. The molecule has 0 bridgehead atoms. The molecule has 10 heteroatoms. The summed E-state index contributed by atoms with van der Waals surface area (Å²) in [4.78, 5) is 19.1. The molecule has 0 radical (unpaired) electrons. The molecule has 1 amide bonds. The molecule has 3 aromatic rings. The first-order chi connectivity index (χ1) is 19.2. The van der Waals surface area contributed by atoms with Gasteiger partial charge in [-0.05, 0) is 49.3 Å². The van der Waals surface area contributed by atoms with E-state index in [1.165, 1.54) is 5.56 Å². The third-order valence-corrected chi connectivity index (χ3v) is 8.82. The van der Waals surface area contributed by atoms with Crippen LogP contribution in [0.3, 0.4) is 0 Å². The smallest absolute Gasteiger partial charge is 0.326 e. The number of aromatic nitrogens is 1. The van der Waals surface area contributed by atoms with Crippen LogP contribution in [0.5, 0.6) is 5.88 Å². The molecule has 8 nitrogen and oxygen atoms in total. The zero-order chi connectivity index (χ0) is 28.3. The molecule has 40 heavy (non-hydrogen) atoms. The highest BCUT2D eigenvalue weighted by Crippen LogP contribution is 2.39. The summed E-state index contributed by atoms with van der Waals surface area (Å²) in [5, 5.41) is 0. The van der Waals surface area contributed by atoms with Crippen LogP contribution in [0.25, 0.3) is 0 Å². The van der Waals surface area contributed by atoms with Gasteiger partial charge in [0.25, 0.3) is 5.91 Å². The molecule has 1 fully saturated rings. The molecular formula is C30H35FN4O4S. The van der Waals surface area contributed by atoms with Gasteiger partial charge >= 0.3 is 10.2 Å². The fourth-order valence-corrected chi connectivity index (χ4v) is 6.44. The van der Waals surface area contributed by atoms with Crippen LogP contribution in [-0.4, -0.2) is 43.3 Å². The van der Waals surface area contributed by atoms with Gasteiger partial charge in [0.05, 0.1) is 5.69 Å². The van der Waals surface area contributed by atoms with E-state index in [0.717, 1.165) is 35.8 Å². The third kappa shape index (κ3) is 6.28. The first kappa shape index (κ1) is 28.0. The summed E-state index contributed by atoms with van der Waals surface area (Å²) in [6.45, 7) is 5.54. The van der Waals surface area contributed by atoms with Crippen molar-refractivity contribution in [2.45, 2.75) is 58.7 Å². The van der Waals surface area contributed by atoms with Gasteiger partial charge in [-0.15, -0.1) is 0 Å². The van der Waals surface area contributed by atoms with Crippen LogP contribution in [0.4, 0.5) is 10.1 Å². The number of amides is 1. The van der Waals surface area contributed by atoms with E-state index in [0.29, 0.717) is 30.0 Å². The van der Waals surface area contributed by atoms with Gasteiger partial charge in [0.1, 0.15) is 13.2 Å². The highest BCUT2D eigenvalue weighted by Gasteiger charge is 2.40. The number of anilines is 1. The number of aryl methyl sites for hydroxylation is 1. The van der Waals surface area contributed by atoms with Crippen molar-refractivity contribution >= 4 is 21.8 Å². The lowest BCUT2D eigenvalue weighted by molar-refractivity contribution is -0.117. The lowest BCUT2D eigenvalue weighted by Gasteiger charge is -2.36.